The van der Waals surface area contributed by atoms with E-state index in [1.165, 1.54) is 0 Å². The molecular weight excluding hydrogens is 330 g/mol. The second-order valence-corrected chi connectivity index (χ2v) is 5.69. The Hall–Kier alpha value is -1.88. The average Bonchev–Trinajstić information content (AvgIpc) is 2.42. The lowest BCUT2D eigenvalue weighted by molar-refractivity contribution is 0.102. The summed E-state index contributed by atoms with van der Waals surface area (Å²) in [6.45, 7) is 6.64. The molecule has 0 atom stereocenters. The van der Waals surface area contributed by atoms with Gasteiger partial charge in [-0.1, -0.05) is 22.0 Å². The van der Waals surface area contributed by atoms with Crippen molar-refractivity contribution in [2.75, 3.05) is 17.2 Å². The Bertz CT molecular complexity index is 671. The normalized spacial score (nSPS) is 10.3. The molecule has 0 aliphatic rings. The zero-order chi connectivity index (χ0) is 15.4. The second-order valence-electron chi connectivity index (χ2n) is 4.83. The topological polar surface area (TPSA) is 54.0 Å². The lowest BCUT2D eigenvalue weighted by atomic mass is 10.2. The van der Waals surface area contributed by atoms with Crippen LogP contribution in [0.3, 0.4) is 0 Å². The van der Waals surface area contributed by atoms with E-state index in [-0.39, 0.29) is 5.91 Å². The first-order valence-corrected chi connectivity index (χ1v) is 7.59. The highest BCUT2D eigenvalue weighted by Gasteiger charge is 2.09. The second kappa shape index (κ2) is 6.72. The van der Waals surface area contributed by atoms with Gasteiger partial charge in [0.15, 0.2) is 0 Å². The fraction of sp³-hybridized carbons (Fsp3) is 0.250. The van der Waals surface area contributed by atoms with Crippen LogP contribution >= 0.6 is 15.9 Å². The molecule has 1 amide bonds. The van der Waals surface area contributed by atoms with E-state index in [1.54, 1.807) is 12.1 Å². The van der Waals surface area contributed by atoms with Crippen molar-refractivity contribution in [1.82, 2.24) is 4.98 Å². The number of pyridine rings is 1. The van der Waals surface area contributed by atoms with E-state index in [0.29, 0.717) is 11.4 Å². The van der Waals surface area contributed by atoms with Gasteiger partial charge in [-0.2, -0.15) is 0 Å². The van der Waals surface area contributed by atoms with Crippen molar-refractivity contribution in [3.05, 3.63) is 51.6 Å². The number of carbonyl (C=O) groups excluding carboxylic acids is 1. The molecule has 21 heavy (non-hydrogen) atoms. The molecule has 0 spiro atoms. The summed E-state index contributed by atoms with van der Waals surface area (Å²) in [5.41, 5.74) is 3.29. The van der Waals surface area contributed by atoms with Crippen LogP contribution in [0, 0.1) is 13.8 Å². The molecule has 0 aliphatic carbocycles. The summed E-state index contributed by atoms with van der Waals surface area (Å²) in [7, 11) is 0. The van der Waals surface area contributed by atoms with E-state index in [1.807, 2.05) is 39.0 Å². The minimum absolute atomic E-state index is 0.143. The number of amides is 1. The van der Waals surface area contributed by atoms with Crippen molar-refractivity contribution >= 4 is 33.3 Å². The van der Waals surface area contributed by atoms with Crippen LogP contribution in [0.15, 0.2) is 34.8 Å². The van der Waals surface area contributed by atoms with E-state index >= 15 is 0 Å². The van der Waals surface area contributed by atoms with Gasteiger partial charge in [-0.3, -0.25) is 4.79 Å². The fourth-order valence-electron chi connectivity index (χ4n) is 1.95. The third kappa shape index (κ3) is 4.04. The molecule has 2 rings (SSSR count). The first-order chi connectivity index (χ1) is 9.99. The Morgan fingerprint density at radius 1 is 1.24 bits per heavy atom. The number of hydrogen-bond acceptors (Lipinski definition) is 3. The Morgan fingerprint density at radius 2 is 2.00 bits per heavy atom. The van der Waals surface area contributed by atoms with E-state index in [0.717, 1.165) is 28.0 Å². The van der Waals surface area contributed by atoms with Gasteiger partial charge in [-0.15, -0.1) is 0 Å². The molecule has 1 aromatic carbocycles. The van der Waals surface area contributed by atoms with Gasteiger partial charge in [-0.05, 0) is 50.6 Å². The predicted octanol–water partition coefficient (Wildman–Crippen LogP) is 4.15. The maximum Gasteiger partial charge on any atom is 0.255 e. The number of aromatic nitrogens is 1. The Labute approximate surface area is 133 Å². The van der Waals surface area contributed by atoms with Crippen molar-refractivity contribution in [3.63, 3.8) is 0 Å². The number of halogens is 1. The zero-order valence-corrected chi connectivity index (χ0v) is 13.9. The summed E-state index contributed by atoms with van der Waals surface area (Å²) in [5, 5.41) is 6.02. The summed E-state index contributed by atoms with van der Waals surface area (Å²) in [5.74, 6) is 0.572. The molecule has 0 fully saturated rings. The van der Waals surface area contributed by atoms with Gasteiger partial charge in [0.25, 0.3) is 5.91 Å². The summed E-state index contributed by atoms with van der Waals surface area (Å²) >= 11 is 3.46. The smallest absolute Gasteiger partial charge is 0.255 e. The minimum atomic E-state index is -0.143. The monoisotopic (exact) mass is 347 g/mol. The third-order valence-corrected chi connectivity index (χ3v) is 3.86. The highest BCUT2D eigenvalue weighted by atomic mass is 79.9. The number of hydrogen-bond donors (Lipinski definition) is 2. The molecule has 1 heterocycles. The van der Waals surface area contributed by atoms with Crippen molar-refractivity contribution in [2.24, 2.45) is 0 Å². The number of nitrogens with one attached hydrogen (secondary N) is 2. The third-order valence-electron chi connectivity index (χ3n) is 3.00. The number of carbonyl (C=O) groups is 1. The van der Waals surface area contributed by atoms with Crippen LogP contribution < -0.4 is 10.6 Å². The fourth-order valence-corrected chi connectivity index (χ4v) is 2.32. The van der Waals surface area contributed by atoms with Gasteiger partial charge in [0, 0.05) is 28.0 Å². The number of benzene rings is 1. The van der Waals surface area contributed by atoms with E-state index in [4.69, 9.17) is 0 Å². The van der Waals surface area contributed by atoms with Crippen LogP contribution in [0.25, 0.3) is 0 Å². The Balaban J connectivity index is 2.21. The number of nitrogens with zero attached hydrogens (tertiary/aromatic N) is 1. The van der Waals surface area contributed by atoms with Crippen molar-refractivity contribution in [2.45, 2.75) is 20.8 Å². The van der Waals surface area contributed by atoms with Gasteiger partial charge < -0.3 is 10.6 Å². The van der Waals surface area contributed by atoms with Crippen LogP contribution in [0.4, 0.5) is 11.5 Å². The Kier molecular flexibility index (Phi) is 4.96. The lowest BCUT2D eigenvalue weighted by Crippen LogP contribution is -2.13. The lowest BCUT2D eigenvalue weighted by Gasteiger charge is -2.09. The number of anilines is 2. The van der Waals surface area contributed by atoms with E-state index in [2.05, 4.69) is 31.5 Å². The number of rotatable bonds is 4. The summed E-state index contributed by atoms with van der Waals surface area (Å²) in [6, 6.07) is 9.28. The SMILES string of the molecule is CCNc1cc(C(=O)Nc2ccc(C)c(Br)c2)cc(C)n1. The molecule has 0 saturated carbocycles. The molecule has 2 aromatic rings. The van der Waals surface area contributed by atoms with E-state index in [9.17, 15) is 4.79 Å². The van der Waals surface area contributed by atoms with Crippen molar-refractivity contribution < 1.29 is 4.79 Å². The summed E-state index contributed by atoms with van der Waals surface area (Å²) in [6.07, 6.45) is 0. The predicted molar refractivity (Wildman–Crippen MR) is 90.0 cm³/mol. The first-order valence-electron chi connectivity index (χ1n) is 6.79. The largest absolute Gasteiger partial charge is 0.370 e. The Morgan fingerprint density at radius 3 is 2.67 bits per heavy atom. The highest BCUT2D eigenvalue weighted by molar-refractivity contribution is 9.10. The molecule has 0 bridgehead atoms. The van der Waals surface area contributed by atoms with E-state index < -0.39 is 0 Å². The molecule has 0 saturated heterocycles. The van der Waals surface area contributed by atoms with Crippen molar-refractivity contribution in [3.8, 4) is 0 Å². The molecule has 2 N–H and O–H groups in total. The van der Waals surface area contributed by atoms with Crippen molar-refractivity contribution in [1.29, 1.82) is 0 Å². The van der Waals surface area contributed by atoms with Crippen LogP contribution in [-0.2, 0) is 0 Å². The summed E-state index contributed by atoms with van der Waals surface area (Å²) in [4.78, 5) is 16.7. The van der Waals surface area contributed by atoms with Gasteiger partial charge in [0.05, 0.1) is 0 Å². The molecule has 5 heteroatoms. The first kappa shape index (κ1) is 15.5. The van der Waals surface area contributed by atoms with Gasteiger partial charge in [0.2, 0.25) is 0 Å². The van der Waals surface area contributed by atoms with Crippen LogP contribution in [0.5, 0.6) is 0 Å². The number of aryl methyl sites for hydroxylation is 2. The molecule has 0 radical (unpaired) electrons. The summed E-state index contributed by atoms with van der Waals surface area (Å²) < 4.78 is 0.972. The van der Waals surface area contributed by atoms with Crippen LogP contribution in [-0.4, -0.2) is 17.4 Å². The molecule has 110 valence electrons. The van der Waals surface area contributed by atoms with Gasteiger partial charge in [0.1, 0.15) is 5.82 Å². The maximum absolute atomic E-state index is 12.3. The maximum atomic E-state index is 12.3. The highest BCUT2D eigenvalue weighted by Crippen LogP contribution is 2.21. The molecular formula is C16H18BrN3O. The zero-order valence-electron chi connectivity index (χ0n) is 12.3. The quantitative estimate of drug-likeness (QED) is 0.873. The standard InChI is InChI=1S/C16H18BrN3O/c1-4-18-15-8-12(7-11(3)19-15)16(21)20-13-6-5-10(2)14(17)9-13/h5-9H,4H2,1-3H3,(H,18,19)(H,20,21). The minimum Gasteiger partial charge on any atom is -0.370 e. The van der Waals surface area contributed by atoms with Crippen LogP contribution in [0.2, 0.25) is 0 Å². The average molecular weight is 348 g/mol. The van der Waals surface area contributed by atoms with Gasteiger partial charge in [-0.25, -0.2) is 4.98 Å². The molecule has 0 aliphatic heterocycles. The molecule has 0 unspecified atom stereocenters. The van der Waals surface area contributed by atoms with Gasteiger partial charge >= 0.3 is 0 Å². The molecule has 1 aromatic heterocycles. The molecule has 4 nitrogen and oxygen atoms in total. The van der Waals surface area contributed by atoms with Crippen LogP contribution in [0.1, 0.15) is 28.5 Å².